The molecule has 2 rings (SSSR count). The molecule has 0 aliphatic heterocycles. The van der Waals surface area contributed by atoms with E-state index in [2.05, 4.69) is 29.3 Å². The SMILES string of the molecule is CCOc1ccc(O[C@H](C)C(=O)NNC(=O)c2cc(C)n(C(C)C)c2C)cc1. The van der Waals surface area contributed by atoms with Gasteiger partial charge in [0.25, 0.3) is 11.8 Å². The molecule has 1 heterocycles. The second kappa shape index (κ2) is 9.30. The van der Waals surface area contributed by atoms with Crippen molar-refractivity contribution >= 4 is 11.8 Å². The summed E-state index contributed by atoms with van der Waals surface area (Å²) in [5.41, 5.74) is 7.27. The maximum Gasteiger partial charge on any atom is 0.279 e. The number of aryl methyl sites for hydroxylation is 1. The van der Waals surface area contributed by atoms with Crippen LogP contribution in [0.25, 0.3) is 0 Å². The van der Waals surface area contributed by atoms with Crippen molar-refractivity contribution in [3.05, 3.63) is 47.3 Å². The molecule has 0 saturated heterocycles. The number of hydrazine groups is 1. The minimum absolute atomic E-state index is 0.249. The molecule has 152 valence electrons. The van der Waals surface area contributed by atoms with Gasteiger partial charge in [-0.2, -0.15) is 0 Å². The molecule has 0 bridgehead atoms. The lowest BCUT2D eigenvalue weighted by Crippen LogP contribution is -2.47. The molecule has 1 aromatic carbocycles. The molecular formula is C21H29N3O4. The van der Waals surface area contributed by atoms with E-state index in [9.17, 15) is 9.59 Å². The van der Waals surface area contributed by atoms with E-state index in [1.165, 1.54) is 0 Å². The van der Waals surface area contributed by atoms with Gasteiger partial charge in [0, 0.05) is 17.4 Å². The van der Waals surface area contributed by atoms with Crippen molar-refractivity contribution < 1.29 is 19.1 Å². The maximum atomic E-state index is 12.4. The number of amides is 2. The minimum atomic E-state index is -0.777. The van der Waals surface area contributed by atoms with Gasteiger partial charge in [-0.15, -0.1) is 0 Å². The van der Waals surface area contributed by atoms with Crippen LogP contribution in [0.2, 0.25) is 0 Å². The van der Waals surface area contributed by atoms with Crippen LogP contribution in [0.1, 0.15) is 55.5 Å². The summed E-state index contributed by atoms with van der Waals surface area (Å²) < 4.78 is 13.1. The third-order valence-electron chi connectivity index (χ3n) is 4.36. The Balaban J connectivity index is 1.92. The first-order valence-electron chi connectivity index (χ1n) is 9.42. The van der Waals surface area contributed by atoms with Crippen LogP contribution < -0.4 is 20.3 Å². The Morgan fingerprint density at radius 1 is 1.04 bits per heavy atom. The standard InChI is InChI=1S/C21H29N3O4/c1-7-27-17-8-10-18(11-9-17)28-16(6)20(25)22-23-21(26)19-12-14(4)24(13(2)3)15(19)5/h8-13,16H,7H2,1-6H3,(H,22,25)(H,23,26)/t16-/m1/s1. The van der Waals surface area contributed by atoms with Gasteiger partial charge in [-0.3, -0.25) is 20.4 Å². The number of nitrogens with zero attached hydrogens (tertiary/aromatic N) is 1. The van der Waals surface area contributed by atoms with Crippen molar-refractivity contribution in [2.75, 3.05) is 6.61 Å². The van der Waals surface area contributed by atoms with Crippen LogP contribution in [-0.2, 0) is 4.79 Å². The van der Waals surface area contributed by atoms with E-state index in [0.29, 0.717) is 17.9 Å². The van der Waals surface area contributed by atoms with Crippen LogP contribution in [0, 0.1) is 13.8 Å². The summed E-state index contributed by atoms with van der Waals surface area (Å²) >= 11 is 0. The smallest absolute Gasteiger partial charge is 0.279 e. The van der Waals surface area contributed by atoms with E-state index in [0.717, 1.165) is 17.1 Å². The van der Waals surface area contributed by atoms with Crippen LogP contribution in [-0.4, -0.2) is 29.1 Å². The maximum absolute atomic E-state index is 12.4. The molecule has 1 aromatic heterocycles. The summed E-state index contributed by atoms with van der Waals surface area (Å²) in [6.07, 6.45) is -0.777. The molecule has 1 atom stereocenters. The van der Waals surface area contributed by atoms with Gasteiger partial charge in [0.2, 0.25) is 0 Å². The average Bonchev–Trinajstić information content (AvgIpc) is 2.95. The number of carbonyl (C=O) groups is 2. The third-order valence-corrected chi connectivity index (χ3v) is 4.36. The summed E-state index contributed by atoms with van der Waals surface area (Å²) in [5, 5.41) is 0. The zero-order chi connectivity index (χ0) is 20.8. The van der Waals surface area contributed by atoms with Crippen molar-refractivity contribution in [1.29, 1.82) is 0 Å². The second-order valence-corrected chi connectivity index (χ2v) is 6.86. The van der Waals surface area contributed by atoms with Crippen molar-refractivity contribution in [1.82, 2.24) is 15.4 Å². The Bertz CT molecular complexity index is 825. The molecule has 2 amide bonds. The fourth-order valence-corrected chi connectivity index (χ4v) is 3.13. The molecule has 7 heteroatoms. The molecule has 0 aliphatic rings. The third kappa shape index (κ3) is 5.06. The van der Waals surface area contributed by atoms with E-state index >= 15 is 0 Å². The predicted molar refractivity (Wildman–Crippen MR) is 108 cm³/mol. The van der Waals surface area contributed by atoms with E-state index < -0.39 is 12.0 Å². The van der Waals surface area contributed by atoms with Gasteiger partial charge in [-0.1, -0.05) is 0 Å². The van der Waals surface area contributed by atoms with Crippen LogP contribution in [0.15, 0.2) is 30.3 Å². The quantitative estimate of drug-likeness (QED) is 0.714. The van der Waals surface area contributed by atoms with Crippen LogP contribution in [0.5, 0.6) is 11.5 Å². The Kier molecular flexibility index (Phi) is 7.09. The highest BCUT2D eigenvalue weighted by Crippen LogP contribution is 2.20. The fraction of sp³-hybridized carbons (Fsp3) is 0.429. The number of ether oxygens (including phenoxy) is 2. The molecule has 0 aliphatic carbocycles. The number of aromatic nitrogens is 1. The van der Waals surface area contributed by atoms with Crippen molar-refractivity contribution in [3.63, 3.8) is 0 Å². The summed E-state index contributed by atoms with van der Waals surface area (Å²) in [7, 11) is 0. The molecule has 0 saturated carbocycles. The number of carbonyl (C=O) groups excluding carboxylic acids is 2. The van der Waals surface area contributed by atoms with Gasteiger partial charge in [0.15, 0.2) is 6.10 Å². The van der Waals surface area contributed by atoms with E-state index in [1.54, 1.807) is 31.2 Å². The zero-order valence-electron chi connectivity index (χ0n) is 17.3. The molecule has 0 radical (unpaired) electrons. The van der Waals surface area contributed by atoms with Crippen LogP contribution >= 0.6 is 0 Å². The fourth-order valence-electron chi connectivity index (χ4n) is 3.13. The number of nitrogens with one attached hydrogen (secondary N) is 2. The Hall–Kier alpha value is -2.96. The Labute approximate surface area is 166 Å². The molecule has 2 aromatic rings. The largest absolute Gasteiger partial charge is 0.494 e. The lowest BCUT2D eigenvalue weighted by Gasteiger charge is -2.16. The lowest BCUT2D eigenvalue weighted by atomic mass is 10.2. The molecular weight excluding hydrogens is 358 g/mol. The van der Waals surface area contributed by atoms with Crippen molar-refractivity contribution in [2.24, 2.45) is 0 Å². The lowest BCUT2D eigenvalue weighted by molar-refractivity contribution is -0.128. The highest BCUT2D eigenvalue weighted by Gasteiger charge is 2.19. The molecule has 2 N–H and O–H groups in total. The molecule has 0 unspecified atom stereocenters. The number of hydrogen-bond acceptors (Lipinski definition) is 4. The predicted octanol–water partition coefficient (Wildman–Crippen LogP) is 3.31. The van der Waals surface area contributed by atoms with Gasteiger partial charge in [-0.05, 0) is 71.9 Å². The number of rotatable bonds is 7. The first-order chi connectivity index (χ1) is 13.2. The molecule has 28 heavy (non-hydrogen) atoms. The van der Waals surface area contributed by atoms with Crippen LogP contribution in [0.4, 0.5) is 0 Å². The number of hydrogen-bond donors (Lipinski definition) is 2. The highest BCUT2D eigenvalue weighted by molar-refractivity contribution is 5.97. The zero-order valence-corrected chi connectivity index (χ0v) is 17.3. The first-order valence-corrected chi connectivity index (χ1v) is 9.42. The van der Waals surface area contributed by atoms with Crippen molar-refractivity contribution in [3.8, 4) is 11.5 Å². The van der Waals surface area contributed by atoms with Gasteiger partial charge in [0.05, 0.1) is 12.2 Å². The summed E-state index contributed by atoms with van der Waals surface area (Å²) in [6, 6.07) is 9.07. The Morgan fingerprint density at radius 2 is 1.64 bits per heavy atom. The Morgan fingerprint density at radius 3 is 2.18 bits per heavy atom. The normalized spacial score (nSPS) is 11.8. The van der Waals surface area contributed by atoms with Crippen molar-refractivity contribution in [2.45, 2.75) is 53.7 Å². The van der Waals surface area contributed by atoms with E-state index in [-0.39, 0.29) is 11.9 Å². The van der Waals surface area contributed by atoms with Gasteiger partial charge in [-0.25, -0.2) is 0 Å². The summed E-state index contributed by atoms with van der Waals surface area (Å²) in [6.45, 7) is 12.1. The van der Waals surface area contributed by atoms with Gasteiger partial charge >= 0.3 is 0 Å². The average molecular weight is 387 g/mol. The molecule has 7 nitrogen and oxygen atoms in total. The van der Waals surface area contributed by atoms with E-state index in [4.69, 9.17) is 9.47 Å². The molecule has 0 fully saturated rings. The van der Waals surface area contributed by atoms with Gasteiger partial charge < -0.3 is 14.0 Å². The van der Waals surface area contributed by atoms with Crippen LogP contribution in [0.3, 0.4) is 0 Å². The topological polar surface area (TPSA) is 81.6 Å². The molecule has 0 spiro atoms. The highest BCUT2D eigenvalue weighted by atomic mass is 16.5. The second-order valence-electron chi connectivity index (χ2n) is 6.86. The van der Waals surface area contributed by atoms with Gasteiger partial charge in [0.1, 0.15) is 11.5 Å². The number of benzene rings is 1. The first kappa shape index (κ1) is 21.3. The monoisotopic (exact) mass is 387 g/mol. The summed E-state index contributed by atoms with van der Waals surface area (Å²) in [4.78, 5) is 24.7. The summed E-state index contributed by atoms with van der Waals surface area (Å²) in [5.74, 6) is 0.470. The minimum Gasteiger partial charge on any atom is -0.494 e. The van der Waals surface area contributed by atoms with E-state index in [1.807, 2.05) is 26.8 Å².